The number of nitrogens with two attached hydrogens (primary N) is 4. The number of amides is 15. The van der Waals surface area contributed by atoms with Crippen molar-refractivity contribution in [1.82, 2.24) is 82.3 Å². The van der Waals surface area contributed by atoms with Crippen LogP contribution in [0.15, 0.2) is 85.2 Å². The number of thioether (sulfide) groups is 1. The van der Waals surface area contributed by atoms with Crippen LogP contribution in [0.25, 0.3) is 21.8 Å². The van der Waals surface area contributed by atoms with E-state index in [9.17, 15) is 67.4 Å². The number of H-pyrrole nitrogens is 2. The lowest BCUT2D eigenvalue weighted by Gasteiger charge is -2.32. The van der Waals surface area contributed by atoms with E-state index in [1.54, 1.807) is 73.1 Å². The van der Waals surface area contributed by atoms with Crippen molar-refractivity contribution < 1.29 is 86.6 Å². The maximum atomic E-state index is 15.1. The summed E-state index contributed by atoms with van der Waals surface area (Å²) < 4.78 is 5.30. The average Bonchev–Trinajstić information content (AvgIpc) is 1.70. The Bertz CT molecular complexity index is 4450. The molecule has 3 saturated heterocycles. The molecule has 8 rings (SSSR count). The Kier molecular flexibility index (Phi) is 35.3. The molecule has 2 aromatic heterocycles. The minimum absolute atomic E-state index is 0.000788. The highest BCUT2D eigenvalue weighted by molar-refractivity contribution is 7.99. The van der Waals surface area contributed by atoms with Crippen LogP contribution in [0.1, 0.15) is 107 Å². The number of aromatic amines is 2. The van der Waals surface area contributed by atoms with E-state index in [2.05, 4.69) is 57.8 Å². The largest absolute Gasteiger partial charge is 0.497 e. The van der Waals surface area contributed by atoms with Crippen molar-refractivity contribution in [3.63, 3.8) is 0 Å². The number of hydrogen-bond donors (Lipinski definition) is 16. The van der Waals surface area contributed by atoms with Crippen LogP contribution in [0.4, 0.5) is 0 Å². The number of fused-ring (bicyclic) bond motifs is 4. The number of methoxy groups -OCH3 is 1. The Morgan fingerprint density at radius 3 is 1.61 bits per heavy atom. The van der Waals surface area contributed by atoms with Crippen LogP contribution in [0, 0.1) is 0 Å². The van der Waals surface area contributed by atoms with Crippen LogP contribution in [-0.4, -0.2) is 293 Å². The predicted molar refractivity (Wildman–Crippen MR) is 439 cm³/mol. The number of nitrogens with zero attached hydrogens (tertiary/aromatic N) is 5. The highest BCUT2D eigenvalue weighted by atomic mass is 32.2. The number of ether oxygens (including phenoxy) is 1. The predicted octanol–water partition coefficient (Wildman–Crippen LogP) is -2.87. The van der Waals surface area contributed by atoms with E-state index in [1.165, 1.54) is 33.2 Å². The van der Waals surface area contributed by atoms with Gasteiger partial charge in [-0.05, 0) is 112 Å². The van der Waals surface area contributed by atoms with Gasteiger partial charge in [0.1, 0.15) is 72.2 Å². The lowest BCUT2D eigenvalue weighted by atomic mass is 10.0. The molecule has 0 saturated carbocycles. The number of carboxylic acids is 1. The molecule has 0 spiro atoms. The third-order valence-electron chi connectivity index (χ3n) is 21.2. The first-order valence-electron chi connectivity index (χ1n) is 39.9. The molecule has 119 heavy (non-hydrogen) atoms. The Balaban J connectivity index is 1.11. The van der Waals surface area contributed by atoms with E-state index in [0.717, 1.165) is 31.4 Å². The maximum Gasteiger partial charge on any atom is 0.303 e. The fourth-order valence-electron chi connectivity index (χ4n) is 14.8. The fourth-order valence-corrected chi connectivity index (χ4v) is 15.4. The third-order valence-corrected chi connectivity index (χ3v) is 22.2. The van der Waals surface area contributed by atoms with Gasteiger partial charge >= 0.3 is 5.97 Å². The molecule has 11 atom stereocenters. The third kappa shape index (κ3) is 26.1. The van der Waals surface area contributed by atoms with E-state index in [4.69, 9.17) is 27.7 Å². The molecular formula is C80H112N20O18S. The van der Waals surface area contributed by atoms with Crippen LogP contribution < -0.4 is 75.5 Å². The number of unbranched alkanes of at least 4 members (excludes halogenated alkanes) is 1. The zero-order chi connectivity index (χ0) is 86.6. The lowest BCUT2D eigenvalue weighted by Crippen LogP contribution is -2.61. The van der Waals surface area contributed by atoms with Gasteiger partial charge in [0.25, 0.3) is 0 Å². The van der Waals surface area contributed by atoms with Crippen molar-refractivity contribution in [1.29, 1.82) is 0 Å². The highest BCUT2D eigenvalue weighted by Gasteiger charge is 2.44. The minimum Gasteiger partial charge on any atom is -0.497 e. The van der Waals surface area contributed by atoms with Crippen LogP contribution in [0.5, 0.6) is 5.75 Å². The smallest absolute Gasteiger partial charge is 0.303 e. The Labute approximate surface area is 692 Å². The van der Waals surface area contributed by atoms with Gasteiger partial charge in [-0.15, -0.1) is 0 Å². The zero-order valence-electron chi connectivity index (χ0n) is 67.7. The number of primary amides is 1. The minimum atomic E-state index is -1.70. The summed E-state index contributed by atoms with van der Waals surface area (Å²) in [5.74, 6) is -13.5. The Morgan fingerprint density at radius 1 is 0.521 bits per heavy atom. The molecule has 3 aliphatic rings. The van der Waals surface area contributed by atoms with Crippen molar-refractivity contribution >= 4 is 128 Å². The van der Waals surface area contributed by atoms with Crippen LogP contribution >= 0.6 is 11.8 Å². The Hall–Kier alpha value is -11.7. The number of rotatable bonds is 21. The molecule has 15 amide bonds. The summed E-state index contributed by atoms with van der Waals surface area (Å²) in [5.41, 5.74) is 26.9. The molecular weight excluding hydrogens is 1560 g/mol. The second kappa shape index (κ2) is 45.3. The van der Waals surface area contributed by atoms with Crippen molar-refractivity contribution in [3.8, 4) is 5.75 Å². The van der Waals surface area contributed by atoms with Gasteiger partial charge in [0.15, 0.2) is 0 Å². The van der Waals surface area contributed by atoms with Gasteiger partial charge in [-0.25, -0.2) is 0 Å². The SMILES string of the molecule is CCCC[C@H]1C(=O)N[C@@H](CCCN)C(=O)NCCSCC(=O)N[C@@H](Cc2ccc(OC)cc2)C(=O)N(C)CC(=O)N[C@@H](CC(N)=O)C(=O)N2CCCC2C(=O)N[C@@H](CN)C(=O)N[C@@H](CCC(=O)O)C(=O)N2CCCC2C(=O)N[C@@H](Cc2c[nH]c3ccccc23)C(=O)N[C@@H](CCN)C(=O)N[C@@H](Cc2c[nH]c3ccccc23)C(=O)N(C)CC(=O)N1C. The number of aromatic nitrogens is 2. The van der Waals surface area contributed by atoms with Crippen molar-refractivity contribution in [2.75, 3.05) is 92.1 Å². The van der Waals surface area contributed by atoms with E-state index < -0.39 is 200 Å². The van der Waals surface area contributed by atoms with Gasteiger partial charge in [0.2, 0.25) is 88.6 Å². The second-order valence-electron chi connectivity index (χ2n) is 29.9. The quantitative estimate of drug-likeness (QED) is 0.0351. The number of likely N-dealkylation sites (N-methyl/N-ethyl adjacent to an activating group) is 3. The molecule has 0 bridgehead atoms. The molecule has 5 heterocycles. The standard InChI is InChI=1S/C80H112N20O18S/c1-6-7-20-62-74(111)91-54(19-12-30-81)70(107)85-32-35-119-45-67(103)89-58(36-46-23-25-49(118-5)26-24-46)77(114)96(2)43-66(102)88-60(39-65(84)101)80(117)100-34-14-22-64(100)76(113)95-61(40-83)73(110)92-56(27-28-69(105)106)79(116)99-33-13-21-63(99)75(112)93-57(37-47-41-86-52-17-10-8-15-50(47)52)72(109)90-55(29-31-82)71(108)94-59(78(115)97(3)44-68(104)98(62)4)38-48-42-87-53-18-11-9-16-51(48)53/h8-11,15-18,23-26,41-42,54-64,86-87H,6-7,12-14,19-22,27-40,43-45,81-83H2,1-5H3,(H2,84,101)(H,85,107)(H,88,102)(H,89,103)(H,90,109)(H,91,111)(H,92,110)(H,93,112)(H,94,108)(H,95,113)(H,105,106)/t54-,55-,56-,57-,58-,59-,60-,61-,62-,63?,64?/m0/s1. The molecule has 3 aromatic carbocycles. The molecule has 38 nitrogen and oxygen atoms in total. The number of carbonyl (C=O) groups excluding carboxylic acids is 15. The molecule has 646 valence electrons. The van der Waals surface area contributed by atoms with Crippen molar-refractivity contribution in [2.24, 2.45) is 22.9 Å². The summed E-state index contributed by atoms with van der Waals surface area (Å²) in [6.07, 6.45) is 2.65. The second-order valence-corrected chi connectivity index (χ2v) is 31.0. The van der Waals surface area contributed by atoms with E-state index in [0.29, 0.717) is 63.5 Å². The molecule has 5 aromatic rings. The zero-order valence-corrected chi connectivity index (χ0v) is 68.5. The topological polar surface area (TPSA) is 563 Å². The monoisotopic (exact) mass is 1670 g/mol. The van der Waals surface area contributed by atoms with E-state index in [1.807, 2.05) is 19.1 Å². The van der Waals surface area contributed by atoms with Crippen molar-refractivity contribution in [2.45, 2.75) is 176 Å². The van der Waals surface area contributed by atoms with E-state index >= 15 is 14.4 Å². The van der Waals surface area contributed by atoms with Gasteiger partial charge in [-0.1, -0.05) is 68.3 Å². The van der Waals surface area contributed by atoms with Crippen LogP contribution in [-0.2, 0) is 96.0 Å². The molecule has 0 aliphatic carbocycles. The highest BCUT2D eigenvalue weighted by Crippen LogP contribution is 2.26. The van der Waals surface area contributed by atoms with Gasteiger partial charge in [-0.2, -0.15) is 11.8 Å². The normalized spacial score (nSPS) is 24.0. The molecule has 3 aliphatic heterocycles. The van der Waals surface area contributed by atoms with Gasteiger partial charge < -0.3 is 115 Å². The average molecular weight is 1670 g/mol. The van der Waals surface area contributed by atoms with Crippen LogP contribution in [0.3, 0.4) is 0 Å². The number of hydrogen-bond acceptors (Lipinski definition) is 21. The summed E-state index contributed by atoms with van der Waals surface area (Å²) in [6.45, 7) is -0.316. The molecule has 39 heteroatoms. The van der Waals surface area contributed by atoms with Crippen LogP contribution in [0.2, 0.25) is 0 Å². The summed E-state index contributed by atoms with van der Waals surface area (Å²) in [6, 6.07) is 5.16. The fraction of sp³-hybridized carbons (Fsp3) is 0.525. The molecule has 0 radical (unpaired) electrons. The number of aliphatic carboxylic acids is 1. The summed E-state index contributed by atoms with van der Waals surface area (Å²) in [7, 11) is 5.47. The van der Waals surface area contributed by atoms with Gasteiger partial charge in [-0.3, -0.25) is 76.7 Å². The number of para-hydroxylation sites is 2. The van der Waals surface area contributed by atoms with Crippen molar-refractivity contribution in [3.05, 3.63) is 102 Å². The number of carbonyl (C=O) groups is 16. The molecule has 2 unspecified atom stereocenters. The molecule has 3 fully saturated rings. The Morgan fingerprint density at radius 2 is 1.03 bits per heavy atom. The van der Waals surface area contributed by atoms with E-state index in [-0.39, 0.29) is 108 Å². The molecule has 20 N–H and O–H groups in total. The number of nitrogens with one attached hydrogen (secondary N) is 11. The first kappa shape index (κ1) is 92.8. The summed E-state index contributed by atoms with van der Waals surface area (Å²) >= 11 is 1.10. The number of carboxylic acid groups (broad SMARTS) is 1. The first-order valence-corrected chi connectivity index (χ1v) is 41.1. The van der Waals surface area contributed by atoms with Gasteiger partial charge in [0.05, 0.1) is 32.4 Å². The summed E-state index contributed by atoms with van der Waals surface area (Å²) in [4.78, 5) is 240. The number of benzene rings is 3. The summed E-state index contributed by atoms with van der Waals surface area (Å²) in [5, 5.41) is 35.5. The van der Waals surface area contributed by atoms with Gasteiger partial charge in [0, 0.05) is 113 Å². The lowest BCUT2D eigenvalue weighted by molar-refractivity contribution is -0.145. The first-order chi connectivity index (χ1) is 57.0. The maximum absolute atomic E-state index is 15.1.